The zero-order valence-electron chi connectivity index (χ0n) is 17.8. The van der Waals surface area contributed by atoms with E-state index in [1.54, 1.807) is 53.8 Å². The van der Waals surface area contributed by atoms with E-state index >= 15 is 0 Å². The van der Waals surface area contributed by atoms with Crippen molar-refractivity contribution in [1.82, 2.24) is 14.6 Å². The Morgan fingerprint density at radius 1 is 1.21 bits per heavy atom. The van der Waals surface area contributed by atoms with Crippen molar-refractivity contribution in [2.75, 3.05) is 19.4 Å². The van der Waals surface area contributed by atoms with Crippen LogP contribution in [-0.4, -0.2) is 43.9 Å². The Hall–Kier alpha value is -3.21. The van der Waals surface area contributed by atoms with Gasteiger partial charge in [0, 0.05) is 29.4 Å². The molecule has 0 bridgehead atoms. The molecule has 1 fully saturated rings. The first kappa shape index (κ1) is 21.6. The second-order valence-corrected chi connectivity index (χ2v) is 10.6. The normalized spacial score (nSPS) is 16.7. The standard InChI is InChI=1S/C23H22N4O4S2/c1-31-17-4-2-14-3-5-18(11-15(14)10-17)33(29,30)26-19-7-9-27(23(19)28)12-16-13-32-20-6-8-25-22(24)21(16)20/h2-6,8,10-11,13,19,26H,7,9,12H2,1H3,(H2,24,25). The molecule has 0 aliphatic carbocycles. The number of anilines is 1. The third-order valence-corrected chi connectivity index (χ3v) is 8.34. The zero-order chi connectivity index (χ0) is 23.2. The Bertz CT molecular complexity index is 1480. The number of nitrogens with two attached hydrogens (primary N) is 1. The fraction of sp³-hybridized carbons (Fsp3) is 0.217. The summed E-state index contributed by atoms with van der Waals surface area (Å²) in [6, 6.07) is 11.4. The van der Waals surface area contributed by atoms with E-state index in [4.69, 9.17) is 10.5 Å². The summed E-state index contributed by atoms with van der Waals surface area (Å²) in [6.07, 6.45) is 2.06. The average molecular weight is 483 g/mol. The minimum Gasteiger partial charge on any atom is -0.497 e. The number of rotatable bonds is 6. The van der Waals surface area contributed by atoms with E-state index in [-0.39, 0.29) is 10.8 Å². The quantitative estimate of drug-likeness (QED) is 0.436. The summed E-state index contributed by atoms with van der Waals surface area (Å²) in [4.78, 5) is 18.9. The maximum absolute atomic E-state index is 13.0. The molecule has 3 heterocycles. The largest absolute Gasteiger partial charge is 0.497 e. The molecular formula is C23H22N4O4S2. The second kappa shape index (κ2) is 8.29. The van der Waals surface area contributed by atoms with Crippen molar-refractivity contribution < 1.29 is 17.9 Å². The lowest BCUT2D eigenvalue weighted by Gasteiger charge is -2.17. The highest BCUT2D eigenvalue weighted by molar-refractivity contribution is 7.89. The summed E-state index contributed by atoms with van der Waals surface area (Å²) in [5, 5.41) is 4.46. The van der Waals surface area contributed by atoms with Crippen molar-refractivity contribution in [2.24, 2.45) is 0 Å². The van der Waals surface area contributed by atoms with Crippen molar-refractivity contribution in [3.8, 4) is 5.75 Å². The van der Waals surface area contributed by atoms with Gasteiger partial charge in [0.2, 0.25) is 15.9 Å². The third-order valence-electron chi connectivity index (χ3n) is 5.88. The van der Waals surface area contributed by atoms with Crippen molar-refractivity contribution in [3.05, 3.63) is 59.6 Å². The minimum absolute atomic E-state index is 0.108. The summed E-state index contributed by atoms with van der Waals surface area (Å²) < 4.78 is 34.9. The van der Waals surface area contributed by atoms with E-state index in [0.29, 0.717) is 31.1 Å². The van der Waals surface area contributed by atoms with Crippen LogP contribution >= 0.6 is 11.3 Å². The number of fused-ring (bicyclic) bond motifs is 2. The van der Waals surface area contributed by atoms with Crippen LogP contribution in [0.25, 0.3) is 20.9 Å². The Kier molecular flexibility index (Phi) is 5.43. The first-order chi connectivity index (χ1) is 15.9. The van der Waals surface area contributed by atoms with Gasteiger partial charge >= 0.3 is 0 Å². The molecule has 1 amide bonds. The number of ether oxygens (including phenoxy) is 1. The Balaban J connectivity index is 1.34. The second-order valence-electron chi connectivity index (χ2n) is 7.93. The van der Waals surface area contributed by atoms with Crippen molar-refractivity contribution >= 4 is 53.9 Å². The SMILES string of the molecule is COc1ccc2ccc(S(=O)(=O)NC3CCN(Cc4csc5ccnc(N)c45)C3=O)cc2c1. The number of hydrogen-bond donors (Lipinski definition) is 2. The fourth-order valence-corrected chi connectivity index (χ4v) is 6.37. The smallest absolute Gasteiger partial charge is 0.241 e. The number of nitrogens with one attached hydrogen (secondary N) is 1. The number of likely N-dealkylation sites (tertiary alicyclic amines) is 1. The maximum atomic E-state index is 13.0. The number of carbonyl (C=O) groups excluding carboxylic acids is 1. The number of carbonyl (C=O) groups is 1. The van der Waals surface area contributed by atoms with Crippen LogP contribution in [0.1, 0.15) is 12.0 Å². The highest BCUT2D eigenvalue weighted by Crippen LogP contribution is 2.31. The van der Waals surface area contributed by atoms with Gasteiger partial charge in [0.25, 0.3) is 0 Å². The first-order valence-corrected chi connectivity index (χ1v) is 12.7. The van der Waals surface area contributed by atoms with Crippen molar-refractivity contribution in [2.45, 2.75) is 23.9 Å². The van der Waals surface area contributed by atoms with Gasteiger partial charge in [0.1, 0.15) is 17.6 Å². The number of methoxy groups -OCH3 is 1. The van der Waals surface area contributed by atoms with Gasteiger partial charge in [-0.3, -0.25) is 4.79 Å². The molecule has 1 aliphatic rings. The molecule has 1 saturated heterocycles. The number of hydrogen-bond acceptors (Lipinski definition) is 7. The zero-order valence-corrected chi connectivity index (χ0v) is 19.4. The van der Waals surface area contributed by atoms with Crippen LogP contribution in [0.5, 0.6) is 5.75 Å². The van der Waals surface area contributed by atoms with E-state index in [1.165, 1.54) is 0 Å². The van der Waals surface area contributed by atoms with Crippen LogP contribution < -0.4 is 15.2 Å². The lowest BCUT2D eigenvalue weighted by molar-refractivity contribution is -0.129. The molecule has 1 aliphatic heterocycles. The van der Waals surface area contributed by atoms with Crippen LogP contribution in [0.2, 0.25) is 0 Å². The molecule has 5 rings (SSSR count). The van der Waals surface area contributed by atoms with Gasteiger partial charge in [-0.05, 0) is 58.5 Å². The summed E-state index contributed by atoms with van der Waals surface area (Å²) in [5.74, 6) is 0.826. The van der Waals surface area contributed by atoms with Crippen LogP contribution in [0.4, 0.5) is 5.82 Å². The highest BCUT2D eigenvalue weighted by Gasteiger charge is 2.35. The van der Waals surface area contributed by atoms with Gasteiger partial charge in [-0.15, -0.1) is 11.3 Å². The monoisotopic (exact) mass is 482 g/mol. The van der Waals surface area contributed by atoms with E-state index in [9.17, 15) is 13.2 Å². The molecule has 0 saturated carbocycles. The predicted molar refractivity (Wildman–Crippen MR) is 129 cm³/mol. The summed E-state index contributed by atoms with van der Waals surface area (Å²) in [5.41, 5.74) is 6.95. The number of sulfonamides is 1. The number of aromatic nitrogens is 1. The van der Waals surface area contributed by atoms with Gasteiger partial charge in [-0.2, -0.15) is 4.72 Å². The molecule has 4 aromatic rings. The van der Waals surface area contributed by atoms with E-state index < -0.39 is 16.1 Å². The topological polar surface area (TPSA) is 115 Å². The maximum Gasteiger partial charge on any atom is 0.241 e. The average Bonchev–Trinajstić information content (AvgIpc) is 3.37. The predicted octanol–water partition coefficient (Wildman–Crippen LogP) is 3.12. The van der Waals surface area contributed by atoms with Crippen molar-refractivity contribution in [3.63, 3.8) is 0 Å². The summed E-state index contributed by atoms with van der Waals surface area (Å²) in [7, 11) is -2.32. The van der Waals surface area contributed by atoms with Crippen molar-refractivity contribution in [1.29, 1.82) is 0 Å². The third kappa shape index (κ3) is 4.01. The molecule has 0 radical (unpaired) electrons. The Labute approximate surface area is 195 Å². The van der Waals surface area contributed by atoms with Gasteiger partial charge in [0.05, 0.1) is 12.0 Å². The molecule has 10 heteroatoms. The molecule has 1 atom stereocenters. The Morgan fingerprint density at radius 2 is 2.03 bits per heavy atom. The number of nitrogens with zero attached hydrogens (tertiary/aromatic N) is 2. The van der Waals surface area contributed by atoms with E-state index in [2.05, 4.69) is 9.71 Å². The molecular weight excluding hydrogens is 460 g/mol. The summed E-state index contributed by atoms with van der Waals surface area (Å²) in [6.45, 7) is 0.821. The van der Waals surface area contributed by atoms with Crippen LogP contribution in [0.3, 0.4) is 0 Å². The first-order valence-electron chi connectivity index (χ1n) is 10.4. The molecule has 33 heavy (non-hydrogen) atoms. The van der Waals surface area contributed by atoms with E-state index in [1.807, 2.05) is 23.6 Å². The molecule has 3 N–H and O–H groups in total. The lowest BCUT2D eigenvalue weighted by Crippen LogP contribution is -2.41. The number of amides is 1. The highest BCUT2D eigenvalue weighted by atomic mass is 32.2. The molecule has 2 aromatic carbocycles. The number of nitrogen functional groups attached to an aromatic ring is 1. The van der Waals surface area contributed by atoms with Crippen LogP contribution in [0, 0.1) is 0 Å². The van der Waals surface area contributed by atoms with Crippen LogP contribution in [0.15, 0.2) is 58.9 Å². The molecule has 1 unspecified atom stereocenters. The van der Waals surface area contributed by atoms with Gasteiger partial charge in [-0.1, -0.05) is 12.1 Å². The number of pyridine rings is 1. The van der Waals surface area contributed by atoms with Gasteiger partial charge in [0.15, 0.2) is 0 Å². The minimum atomic E-state index is -3.88. The fourth-order valence-electron chi connectivity index (χ4n) is 4.15. The van der Waals surface area contributed by atoms with E-state index in [0.717, 1.165) is 26.4 Å². The molecule has 2 aromatic heterocycles. The molecule has 170 valence electrons. The van der Waals surface area contributed by atoms with Gasteiger partial charge in [-0.25, -0.2) is 13.4 Å². The Morgan fingerprint density at radius 3 is 2.85 bits per heavy atom. The lowest BCUT2D eigenvalue weighted by atomic mass is 10.1. The molecule has 8 nitrogen and oxygen atoms in total. The van der Waals surface area contributed by atoms with Gasteiger partial charge < -0.3 is 15.4 Å². The molecule has 0 spiro atoms. The van der Waals surface area contributed by atoms with Crippen LogP contribution in [-0.2, 0) is 21.4 Å². The number of thiophene rings is 1. The summed E-state index contributed by atoms with van der Waals surface area (Å²) >= 11 is 1.55. The number of benzene rings is 2.